The van der Waals surface area contributed by atoms with Crippen molar-refractivity contribution in [2.45, 2.75) is 96.1 Å². The number of aliphatic hydroxyl groups excluding tert-OH is 4. The van der Waals surface area contributed by atoms with Gasteiger partial charge in [-0.3, -0.25) is 19.7 Å². The summed E-state index contributed by atoms with van der Waals surface area (Å²) in [5.41, 5.74) is 0.944. The lowest BCUT2D eigenvalue weighted by Crippen LogP contribution is -2.59. The number of hydrogen-bond donors (Lipinski definition) is 5. The molecule has 0 saturated carbocycles. The molecule has 0 spiro atoms. The van der Waals surface area contributed by atoms with Crippen molar-refractivity contribution < 1.29 is 44.3 Å². The Morgan fingerprint density at radius 2 is 1.83 bits per heavy atom. The number of imide groups is 1. The van der Waals surface area contributed by atoms with E-state index in [-0.39, 0.29) is 48.7 Å². The third-order valence-corrected chi connectivity index (χ3v) is 6.42. The van der Waals surface area contributed by atoms with Gasteiger partial charge in [-0.25, -0.2) is 0 Å². The van der Waals surface area contributed by atoms with Crippen LogP contribution in [0.2, 0.25) is 0 Å². The first kappa shape index (κ1) is 29.3. The molecule has 5 N–H and O–H groups in total. The normalized spacial score (nSPS) is 30.4. The molecule has 0 aromatic heterocycles. The summed E-state index contributed by atoms with van der Waals surface area (Å²) >= 11 is 0. The molecule has 2 saturated heterocycles. The number of carbonyl (C=O) groups is 3. The van der Waals surface area contributed by atoms with Crippen molar-refractivity contribution in [3.05, 3.63) is 23.8 Å². The van der Waals surface area contributed by atoms with Gasteiger partial charge in [0, 0.05) is 25.2 Å². The second kappa shape index (κ2) is 14.0. The van der Waals surface area contributed by atoms with E-state index in [9.17, 15) is 34.8 Å². The number of ketones is 1. The SMILES string of the molecule is CC=CC(C)=CC(C)C(=O)CC(CCCC1CC(=O)NC(=O)C1)OC1OC(CO)C(O)C(O)C1O. The zero-order valence-corrected chi connectivity index (χ0v) is 20.6. The molecule has 2 aliphatic rings. The minimum Gasteiger partial charge on any atom is -0.394 e. The molecule has 7 unspecified atom stereocenters. The zero-order chi connectivity index (χ0) is 26.1. The number of aliphatic hydroxyl groups is 4. The fraction of sp³-hybridized carbons (Fsp3) is 0.720. The van der Waals surface area contributed by atoms with Crippen LogP contribution in [-0.4, -0.2) is 81.4 Å². The summed E-state index contributed by atoms with van der Waals surface area (Å²) in [4.78, 5) is 36.2. The first-order valence-electron chi connectivity index (χ1n) is 12.2. The Labute approximate surface area is 206 Å². The molecular weight excluding hydrogens is 458 g/mol. The molecule has 2 rings (SSSR count). The predicted molar refractivity (Wildman–Crippen MR) is 126 cm³/mol. The van der Waals surface area contributed by atoms with Crippen molar-refractivity contribution in [1.29, 1.82) is 0 Å². The monoisotopic (exact) mass is 497 g/mol. The first-order valence-corrected chi connectivity index (χ1v) is 12.2. The first-order chi connectivity index (χ1) is 16.5. The van der Waals surface area contributed by atoms with Gasteiger partial charge in [0.2, 0.25) is 11.8 Å². The number of piperidine rings is 1. The molecule has 2 fully saturated rings. The Hall–Kier alpha value is -1.95. The van der Waals surface area contributed by atoms with Gasteiger partial charge >= 0.3 is 0 Å². The fourth-order valence-corrected chi connectivity index (χ4v) is 4.50. The largest absolute Gasteiger partial charge is 0.394 e. The second-order valence-corrected chi connectivity index (χ2v) is 9.50. The van der Waals surface area contributed by atoms with Gasteiger partial charge in [-0.2, -0.15) is 0 Å². The number of nitrogens with one attached hydrogen (secondary N) is 1. The van der Waals surface area contributed by atoms with Crippen LogP contribution in [0.15, 0.2) is 23.8 Å². The molecule has 10 heteroatoms. The van der Waals surface area contributed by atoms with E-state index < -0.39 is 43.4 Å². The van der Waals surface area contributed by atoms with Crippen LogP contribution in [-0.2, 0) is 23.9 Å². The van der Waals surface area contributed by atoms with Gasteiger partial charge in [-0.15, -0.1) is 0 Å². The van der Waals surface area contributed by atoms with Gasteiger partial charge in [0.05, 0.1) is 12.7 Å². The van der Waals surface area contributed by atoms with Crippen LogP contribution in [0, 0.1) is 11.8 Å². The van der Waals surface area contributed by atoms with Gasteiger partial charge in [0.1, 0.15) is 30.2 Å². The van der Waals surface area contributed by atoms with E-state index in [2.05, 4.69) is 5.32 Å². The number of Topliss-reactive ketones (excluding diaryl/α,β-unsaturated/α-hetero) is 1. The van der Waals surface area contributed by atoms with Crippen LogP contribution in [0.4, 0.5) is 0 Å². The topological polar surface area (TPSA) is 163 Å². The molecule has 0 aromatic rings. The molecule has 2 aliphatic heterocycles. The Bertz CT molecular complexity index is 778. The van der Waals surface area contributed by atoms with Gasteiger partial charge in [0.15, 0.2) is 6.29 Å². The van der Waals surface area contributed by atoms with E-state index >= 15 is 0 Å². The molecule has 2 amide bonds. The van der Waals surface area contributed by atoms with Crippen molar-refractivity contribution in [1.82, 2.24) is 5.32 Å². The van der Waals surface area contributed by atoms with Crippen LogP contribution in [0.5, 0.6) is 0 Å². The van der Waals surface area contributed by atoms with Crippen molar-refractivity contribution in [2.75, 3.05) is 6.61 Å². The van der Waals surface area contributed by atoms with Crippen molar-refractivity contribution in [3.8, 4) is 0 Å². The molecule has 0 radical (unpaired) electrons. The molecular formula is C25H39NO9. The molecule has 7 atom stereocenters. The predicted octanol–water partition coefficient (Wildman–Crippen LogP) is 0.512. The molecule has 2 heterocycles. The maximum absolute atomic E-state index is 12.9. The number of carbonyl (C=O) groups excluding carboxylic acids is 3. The van der Waals surface area contributed by atoms with E-state index in [1.54, 1.807) is 6.92 Å². The molecule has 35 heavy (non-hydrogen) atoms. The van der Waals surface area contributed by atoms with Crippen LogP contribution < -0.4 is 5.32 Å². The van der Waals surface area contributed by atoms with E-state index in [1.807, 2.05) is 32.1 Å². The summed E-state index contributed by atoms with van der Waals surface area (Å²) in [6, 6.07) is 0. The van der Waals surface area contributed by atoms with Crippen molar-refractivity contribution in [3.63, 3.8) is 0 Å². The van der Waals surface area contributed by atoms with Gasteiger partial charge < -0.3 is 29.9 Å². The fourth-order valence-electron chi connectivity index (χ4n) is 4.50. The quantitative estimate of drug-likeness (QED) is 0.191. The lowest BCUT2D eigenvalue weighted by Gasteiger charge is -2.41. The second-order valence-electron chi connectivity index (χ2n) is 9.50. The Kier molecular flexibility index (Phi) is 11.7. The van der Waals surface area contributed by atoms with E-state index in [4.69, 9.17) is 9.47 Å². The van der Waals surface area contributed by atoms with E-state index in [0.29, 0.717) is 19.3 Å². The third kappa shape index (κ3) is 8.89. The number of amides is 2. The molecule has 198 valence electrons. The minimum atomic E-state index is -1.58. The van der Waals surface area contributed by atoms with Crippen LogP contribution in [0.25, 0.3) is 0 Å². The van der Waals surface area contributed by atoms with Crippen molar-refractivity contribution in [2.24, 2.45) is 11.8 Å². The summed E-state index contributed by atoms with van der Waals surface area (Å²) in [6.07, 6.45) is -0.135. The average molecular weight is 498 g/mol. The van der Waals surface area contributed by atoms with Crippen LogP contribution in [0.1, 0.15) is 59.3 Å². The number of allylic oxidation sites excluding steroid dienone is 4. The highest BCUT2D eigenvalue weighted by Gasteiger charge is 2.45. The standard InChI is InChI=1S/C25H39NO9/c1-4-6-14(2)9-15(3)18(28)12-17(8-5-7-16-10-20(29)26-21(30)11-16)34-25-24(33)23(32)22(31)19(13-27)35-25/h4,6,9,15-17,19,22-25,27,31-33H,5,7-8,10-13H2,1-3H3,(H,26,29,30). The molecule has 0 aromatic carbocycles. The molecule has 0 aliphatic carbocycles. The number of ether oxygens (including phenoxy) is 2. The highest BCUT2D eigenvalue weighted by atomic mass is 16.7. The molecule has 0 bridgehead atoms. The third-order valence-electron chi connectivity index (χ3n) is 6.42. The summed E-state index contributed by atoms with van der Waals surface area (Å²) in [5, 5.41) is 42.1. The number of hydrogen-bond acceptors (Lipinski definition) is 9. The summed E-state index contributed by atoms with van der Waals surface area (Å²) in [7, 11) is 0. The summed E-state index contributed by atoms with van der Waals surface area (Å²) in [5.74, 6) is -1.16. The van der Waals surface area contributed by atoms with Gasteiger partial charge in [-0.1, -0.05) is 37.1 Å². The van der Waals surface area contributed by atoms with Gasteiger partial charge in [-0.05, 0) is 32.6 Å². The minimum absolute atomic E-state index is 0.0138. The lowest BCUT2D eigenvalue weighted by atomic mass is 9.90. The maximum atomic E-state index is 12.9. The summed E-state index contributed by atoms with van der Waals surface area (Å²) in [6.45, 7) is 4.98. The van der Waals surface area contributed by atoms with Crippen molar-refractivity contribution >= 4 is 17.6 Å². The zero-order valence-electron chi connectivity index (χ0n) is 20.6. The maximum Gasteiger partial charge on any atom is 0.226 e. The Morgan fingerprint density at radius 1 is 1.17 bits per heavy atom. The lowest BCUT2D eigenvalue weighted by molar-refractivity contribution is -0.311. The molecule has 10 nitrogen and oxygen atoms in total. The smallest absolute Gasteiger partial charge is 0.226 e. The highest BCUT2D eigenvalue weighted by molar-refractivity contribution is 5.97. The Morgan fingerprint density at radius 3 is 2.43 bits per heavy atom. The van der Waals surface area contributed by atoms with E-state index in [1.165, 1.54) is 0 Å². The number of rotatable bonds is 12. The highest BCUT2D eigenvalue weighted by Crippen LogP contribution is 2.27. The van der Waals surface area contributed by atoms with Crippen LogP contribution in [0.3, 0.4) is 0 Å². The van der Waals surface area contributed by atoms with E-state index in [0.717, 1.165) is 5.57 Å². The summed E-state index contributed by atoms with van der Waals surface area (Å²) < 4.78 is 11.4. The Balaban J connectivity index is 2.07. The average Bonchev–Trinajstić information content (AvgIpc) is 2.78. The van der Waals surface area contributed by atoms with Crippen LogP contribution >= 0.6 is 0 Å². The van der Waals surface area contributed by atoms with Gasteiger partial charge in [0.25, 0.3) is 0 Å².